The second kappa shape index (κ2) is 12.1. The van der Waals surface area contributed by atoms with Crippen molar-refractivity contribution in [1.29, 1.82) is 0 Å². The highest BCUT2D eigenvalue weighted by Crippen LogP contribution is 2.29. The molecule has 188 valence electrons. The summed E-state index contributed by atoms with van der Waals surface area (Å²) in [6, 6.07) is 22.2. The number of hydrogen-bond donors (Lipinski definition) is 0. The van der Waals surface area contributed by atoms with E-state index in [1.807, 2.05) is 31.2 Å². The van der Waals surface area contributed by atoms with Crippen molar-refractivity contribution in [2.75, 3.05) is 13.2 Å². The Morgan fingerprint density at radius 3 is 2.11 bits per heavy atom. The van der Waals surface area contributed by atoms with Crippen LogP contribution in [0.25, 0.3) is 34.4 Å². The van der Waals surface area contributed by atoms with Crippen LogP contribution in [0.15, 0.2) is 91.5 Å². The molecule has 0 aromatic heterocycles. The van der Waals surface area contributed by atoms with E-state index in [9.17, 15) is 13.2 Å². The Morgan fingerprint density at radius 2 is 1.43 bits per heavy atom. The summed E-state index contributed by atoms with van der Waals surface area (Å²) in [7, 11) is 0. The monoisotopic (exact) mass is 500 g/mol. The molecule has 0 bridgehead atoms. The van der Waals surface area contributed by atoms with Crippen LogP contribution in [0.2, 0.25) is 0 Å². The van der Waals surface area contributed by atoms with E-state index in [0.29, 0.717) is 36.5 Å². The number of rotatable bonds is 10. The van der Waals surface area contributed by atoms with Gasteiger partial charge in [0, 0.05) is 11.1 Å². The maximum Gasteiger partial charge on any atom is 0.167 e. The van der Waals surface area contributed by atoms with Crippen LogP contribution in [0, 0.1) is 17.5 Å². The molecule has 4 rings (SSSR count). The topological polar surface area (TPSA) is 18.5 Å². The van der Waals surface area contributed by atoms with Crippen molar-refractivity contribution in [2.24, 2.45) is 0 Å². The van der Waals surface area contributed by atoms with Crippen molar-refractivity contribution in [2.45, 2.75) is 13.3 Å². The minimum Gasteiger partial charge on any atom is -0.494 e. The van der Waals surface area contributed by atoms with Crippen LogP contribution in [0.1, 0.15) is 24.5 Å². The first-order chi connectivity index (χ1) is 18.0. The highest BCUT2D eigenvalue weighted by Gasteiger charge is 2.14. The van der Waals surface area contributed by atoms with E-state index in [4.69, 9.17) is 9.47 Å². The molecule has 37 heavy (non-hydrogen) atoms. The van der Waals surface area contributed by atoms with Gasteiger partial charge in [-0.3, -0.25) is 0 Å². The predicted octanol–water partition coefficient (Wildman–Crippen LogP) is 8.96. The molecule has 0 saturated heterocycles. The van der Waals surface area contributed by atoms with E-state index in [1.54, 1.807) is 60.7 Å². The van der Waals surface area contributed by atoms with Gasteiger partial charge in [0.05, 0.1) is 13.2 Å². The van der Waals surface area contributed by atoms with Crippen LogP contribution in [-0.2, 0) is 0 Å². The third-order valence-corrected chi connectivity index (χ3v) is 5.80. The average molecular weight is 501 g/mol. The lowest BCUT2D eigenvalue weighted by Crippen LogP contribution is -1.97. The van der Waals surface area contributed by atoms with Crippen molar-refractivity contribution >= 4 is 12.2 Å². The summed E-state index contributed by atoms with van der Waals surface area (Å²) in [6.45, 7) is 6.40. The summed E-state index contributed by atoms with van der Waals surface area (Å²) in [5.41, 5.74) is 3.23. The molecule has 0 aliphatic carbocycles. The van der Waals surface area contributed by atoms with E-state index >= 15 is 0 Å². The summed E-state index contributed by atoms with van der Waals surface area (Å²) < 4.78 is 54.8. The molecule has 0 N–H and O–H groups in total. The van der Waals surface area contributed by atoms with Gasteiger partial charge in [0.25, 0.3) is 0 Å². The average Bonchev–Trinajstić information content (AvgIpc) is 2.92. The van der Waals surface area contributed by atoms with Crippen molar-refractivity contribution in [3.63, 3.8) is 0 Å². The molecule has 0 atom stereocenters. The van der Waals surface area contributed by atoms with E-state index in [1.165, 1.54) is 12.1 Å². The molecule has 0 aliphatic heterocycles. The highest BCUT2D eigenvalue weighted by molar-refractivity contribution is 5.74. The lowest BCUT2D eigenvalue weighted by molar-refractivity contribution is 0.308. The van der Waals surface area contributed by atoms with E-state index in [2.05, 4.69) is 6.58 Å². The maximum absolute atomic E-state index is 14.8. The van der Waals surface area contributed by atoms with Gasteiger partial charge in [-0.2, -0.15) is 0 Å². The Kier molecular flexibility index (Phi) is 8.47. The first-order valence-electron chi connectivity index (χ1n) is 12.0. The molecule has 2 nitrogen and oxygen atoms in total. The van der Waals surface area contributed by atoms with Gasteiger partial charge in [-0.15, -0.1) is 6.58 Å². The smallest absolute Gasteiger partial charge is 0.167 e. The van der Waals surface area contributed by atoms with Gasteiger partial charge in [-0.05, 0) is 59.9 Å². The van der Waals surface area contributed by atoms with Crippen LogP contribution in [0.4, 0.5) is 13.2 Å². The molecule has 0 unspecified atom stereocenters. The molecule has 0 aliphatic rings. The first kappa shape index (κ1) is 25.8. The number of benzene rings is 4. The second-order valence-electron chi connectivity index (χ2n) is 8.31. The van der Waals surface area contributed by atoms with Crippen molar-refractivity contribution in [3.8, 4) is 33.8 Å². The van der Waals surface area contributed by atoms with Crippen LogP contribution >= 0.6 is 0 Å². The second-order valence-corrected chi connectivity index (χ2v) is 8.31. The summed E-state index contributed by atoms with van der Waals surface area (Å²) >= 11 is 0. The predicted molar refractivity (Wildman–Crippen MR) is 144 cm³/mol. The summed E-state index contributed by atoms with van der Waals surface area (Å²) in [5, 5.41) is 0. The van der Waals surface area contributed by atoms with Crippen LogP contribution in [0.5, 0.6) is 11.5 Å². The summed E-state index contributed by atoms with van der Waals surface area (Å²) in [5.74, 6) is -1.37. The van der Waals surface area contributed by atoms with E-state index < -0.39 is 17.5 Å². The quantitative estimate of drug-likeness (QED) is 0.123. The molecular formula is C32H27F3O2. The van der Waals surface area contributed by atoms with Crippen molar-refractivity contribution in [1.82, 2.24) is 0 Å². The lowest BCUT2D eigenvalue weighted by atomic mass is 10.0. The minimum absolute atomic E-state index is 0.144. The molecule has 4 aromatic carbocycles. The van der Waals surface area contributed by atoms with Gasteiger partial charge in [-0.25, -0.2) is 13.2 Å². The molecule has 4 aromatic rings. The Morgan fingerprint density at radius 1 is 0.730 bits per heavy atom. The maximum atomic E-state index is 14.8. The minimum atomic E-state index is -0.912. The van der Waals surface area contributed by atoms with Crippen molar-refractivity contribution < 1.29 is 22.6 Å². The molecule has 0 spiro atoms. The third kappa shape index (κ3) is 6.31. The molecule has 0 amide bonds. The van der Waals surface area contributed by atoms with Crippen LogP contribution in [-0.4, -0.2) is 13.2 Å². The van der Waals surface area contributed by atoms with Crippen LogP contribution in [0.3, 0.4) is 0 Å². The molecule has 5 heteroatoms. The largest absolute Gasteiger partial charge is 0.494 e. The normalized spacial score (nSPS) is 11.0. The zero-order valence-corrected chi connectivity index (χ0v) is 20.5. The molecule has 0 radical (unpaired) electrons. The number of hydrogen-bond acceptors (Lipinski definition) is 2. The van der Waals surface area contributed by atoms with Gasteiger partial charge in [0.1, 0.15) is 5.75 Å². The molecule has 0 saturated carbocycles. The number of halogens is 3. The zero-order chi connectivity index (χ0) is 26.2. The molecule has 0 fully saturated rings. The highest BCUT2D eigenvalue weighted by atomic mass is 19.2. The van der Waals surface area contributed by atoms with E-state index in [-0.39, 0.29) is 16.9 Å². The van der Waals surface area contributed by atoms with Crippen molar-refractivity contribution in [3.05, 3.63) is 120 Å². The Hall–Kier alpha value is -4.25. The van der Waals surface area contributed by atoms with Gasteiger partial charge in [-0.1, -0.05) is 72.8 Å². The van der Waals surface area contributed by atoms with Gasteiger partial charge >= 0.3 is 0 Å². The fraction of sp³-hybridized carbons (Fsp3) is 0.125. The Balaban J connectivity index is 1.47. The summed E-state index contributed by atoms with van der Waals surface area (Å²) in [6.07, 6.45) is 5.59. The zero-order valence-electron chi connectivity index (χ0n) is 20.5. The van der Waals surface area contributed by atoms with Gasteiger partial charge in [0.15, 0.2) is 23.2 Å². The van der Waals surface area contributed by atoms with E-state index in [0.717, 1.165) is 11.1 Å². The lowest BCUT2D eigenvalue weighted by Gasteiger charge is -2.09. The molecular weight excluding hydrogens is 473 g/mol. The fourth-order valence-electron chi connectivity index (χ4n) is 3.84. The Bertz CT molecular complexity index is 1390. The van der Waals surface area contributed by atoms with Gasteiger partial charge < -0.3 is 9.47 Å². The van der Waals surface area contributed by atoms with Crippen LogP contribution < -0.4 is 9.47 Å². The number of ether oxygens (including phenoxy) is 2. The third-order valence-electron chi connectivity index (χ3n) is 5.80. The first-order valence-corrected chi connectivity index (χ1v) is 12.0. The SMILES string of the molecule is C=CCCOc1ccc(-c2ccc(/C=C/c3ccc(-c4ccc(OCC)cc4)c(F)c3F)cc2)cc1F. The van der Waals surface area contributed by atoms with Gasteiger partial charge in [0.2, 0.25) is 0 Å². The molecule has 0 heterocycles. The Labute approximate surface area is 215 Å². The summed E-state index contributed by atoms with van der Waals surface area (Å²) in [4.78, 5) is 0. The standard InChI is InChI=1S/C32H27F3O2/c1-3-5-20-37-30-19-15-26(21-29(30)33)23-9-6-22(7-10-23)8-11-25-14-18-28(32(35)31(25)34)24-12-16-27(17-13-24)36-4-2/h3,6-19,21H,1,4-5,20H2,2H3/b11-8+. The fourth-order valence-corrected chi connectivity index (χ4v) is 3.84.